The molecule has 1 heterocycles. The van der Waals surface area contributed by atoms with Crippen LogP contribution in [0.5, 0.6) is 0 Å². The van der Waals surface area contributed by atoms with Gasteiger partial charge in [0.15, 0.2) is 0 Å². The molecule has 2 aromatic rings. The number of benzene rings is 2. The van der Waals surface area contributed by atoms with E-state index in [-0.39, 0.29) is 23.1 Å². The Morgan fingerprint density at radius 3 is 2.41 bits per heavy atom. The van der Waals surface area contributed by atoms with Crippen molar-refractivity contribution in [3.05, 3.63) is 65.2 Å². The summed E-state index contributed by atoms with van der Waals surface area (Å²) in [7, 11) is 0. The van der Waals surface area contributed by atoms with Crippen LogP contribution in [0.4, 0.5) is 5.69 Å². The van der Waals surface area contributed by atoms with Gasteiger partial charge in [-0.3, -0.25) is 4.79 Å². The number of carbonyl (C=O) groups is 2. The molecule has 2 aromatic carbocycles. The zero-order chi connectivity index (χ0) is 15.7. The third-order valence-corrected chi connectivity index (χ3v) is 4.13. The number of nitrogens with zero attached hydrogens (tertiary/aromatic N) is 1. The second-order valence-electron chi connectivity index (χ2n) is 5.54. The van der Waals surface area contributed by atoms with Crippen molar-refractivity contribution in [3.8, 4) is 0 Å². The molecule has 0 saturated carbocycles. The molecule has 0 aliphatic carbocycles. The Labute approximate surface area is 129 Å². The minimum atomic E-state index is -1.08. The Hall–Kier alpha value is -2.62. The number of fused-ring (bicyclic) bond motifs is 1. The molecule has 0 saturated heterocycles. The van der Waals surface area contributed by atoms with E-state index in [0.717, 1.165) is 24.1 Å². The third kappa shape index (κ3) is 2.37. The fraction of sp³-hybridized carbons (Fsp3) is 0.222. The molecule has 0 spiro atoms. The molecule has 112 valence electrons. The molecular formula is C18H17NO3. The van der Waals surface area contributed by atoms with Crippen LogP contribution in [0, 0.1) is 0 Å². The van der Waals surface area contributed by atoms with Gasteiger partial charge < -0.3 is 10.0 Å². The van der Waals surface area contributed by atoms with Crippen molar-refractivity contribution in [1.82, 2.24) is 0 Å². The van der Waals surface area contributed by atoms with E-state index in [1.807, 2.05) is 31.2 Å². The molecule has 0 bridgehead atoms. The van der Waals surface area contributed by atoms with Gasteiger partial charge in [-0.25, -0.2) is 4.79 Å². The molecule has 0 aromatic heterocycles. The molecule has 3 rings (SSSR count). The van der Waals surface area contributed by atoms with E-state index in [4.69, 9.17) is 0 Å². The molecule has 1 amide bonds. The van der Waals surface area contributed by atoms with Gasteiger partial charge in [0, 0.05) is 11.7 Å². The lowest BCUT2D eigenvalue weighted by atomic mass is 9.95. The van der Waals surface area contributed by atoms with Gasteiger partial charge >= 0.3 is 5.97 Å². The summed E-state index contributed by atoms with van der Waals surface area (Å²) in [5.74, 6) is -1.33. The zero-order valence-corrected chi connectivity index (χ0v) is 12.3. The summed E-state index contributed by atoms with van der Waals surface area (Å²) in [6, 6.07) is 14.2. The van der Waals surface area contributed by atoms with E-state index in [2.05, 4.69) is 0 Å². The third-order valence-electron chi connectivity index (χ3n) is 4.13. The number of amides is 1. The Morgan fingerprint density at radius 1 is 1.05 bits per heavy atom. The molecule has 1 aliphatic rings. The van der Waals surface area contributed by atoms with Crippen molar-refractivity contribution in [1.29, 1.82) is 0 Å². The first-order valence-corrected chi connectivity index (χ1v) is 7.33. The molecule has 0 fully saturated rings. The lowest BCUT2D eigenvalue weighted by Gasteiger charge is -2.35. The first-order valence-electron chi connectivity index (χ1n) is 7.33. The number of hydrogen-bond acceptors (Lipinski definition) is 2. The fourth-order valence-corrected chi connectivity index (χ4v) is 2.98. The van der Waals surface area contributed by atoms with Gasteiger partial charge in [0.2, 0.25) is 0 Å². The monoisotopic (exact) mass is 295 g/mol. The molecule has 1 unspecified atom stereocenters. The van der Waals surface area contributed by atoms with Gasteiger partial charge in [0.1, 0.15) is 0 Å². The summed E-state index contributed by atoms with van der Waals surface area (Å²) in [6.07, 6.45) is 1.81. The van der Waals surface area contributed by atoms with Gasteiger partial charge in [-0.1, -0.05) is 30.3 Å². The number of para-hydroxylation sites is 1. The Morgan fingerprint density at radius 2 is 1.68 bits per heavy atom. The maximum atomic E-state index is 13.0. The van der Waals surface area contributed by atoms with Crippen LogP contribution in [-0.2, 0) is 6.42 Å². The van der Waals surface area contributed by atoms with E-state index in [1.54, 1.807) is 23.1 Å². The minimum Gasteiger partial charge on any atom is -0.478 e. The van der Waals surface area contributed by atoms with Gasteiger partial charge in [-0.2, -0.15) is 0 Å². The van der Waals surface area contributed by atoms with Gasteiger partial charge in [0.25, 0.3) is 5.91 Å². The zero-order valence-electron chi connectivity index (χ0n) is 12.3. The Balaban J connectivity index is 2.08. The second kappa shape index (κ2) is 5.64. The SMILES string of the molecule is CC1CCc2ccccc2N1C(=O)c1ccccc1C(=O)O. The molecular weight excluding hydrogens is 278 g/mol. The van der Waals surface area contributed by atoms with E-state index in [0.29, 0.717) is 0 Å². The number of carboxylic acid groups (broad SMARTS) is 1. The second-order valence-corrected chi connectivity index (χ2v) is 5.54. The molecule has 4 nitrogen and oxygen atoms in total. The van der Waals surface area contributed by atoms with Gasteiger partial charge in [0.05, 0.1) is 11.1 Å². The quantitative estimate of drug-likeness (QED) is 0.924. The van der Waals surface area contributed by atoms with Crippen LogP contribution in [0.3, 0.4) is 0 Å². The van der Waals surface area contributed by atoms with Crippen molar-refractivity contribution >= 4 is 17.6 Å². The number of rotatable bonds is 2. The normalized spacial score (nSPS) is 17.0. The van der Waals surface area contributed by atoms with Crippen molar-refractivity contribution in [2.24, 2.45) is 0 Å². The average molecular weight is 295 g/mol. The standard InChI is InChI=1S/C18H17NO3/c1-12-10-11-13-6-2-5-9-16(13)19(12)17(20)14-7-3-4-8-15(14)18(21)22/h2-9,12H,10-11H2,1H3,(H,21,22). The van der Waals surface area contributed by atoms with Crippen molar-refractivity contribution in [2.75, 3.05) is 4.90 Å². The van der Waals surface area contributed by atoms with Crippen LogP contribution < -0.4 is 4.90 Å². The highest BCUT2D eigenvalue weighted by molar-refractivity contribution is 6.12. The maximum Gasteiger partial charge on any atom is 0.336 e. The Bertz CT molecular complexity index is 739. The number of carboxylic acids is 1. The molecule has 4 heteroatoms. The topological polar surface area (TPSA) is 57.6 Å². The fourth-order valence-electron chi connectivity index (χ4n) is 2.98. The molecule has 0 radical (unpaired) electrons. The summed E-state index contributed by atoms with van der Waals surface area (Å²) >= 11 is 0. The van der Waals surface area contributed by atoms with Crippen molar-refractivity contribution in [2.45, 2.75) is 25.8 Å². The minimum absolute atomic E-state index is 0.0442. The average Bonchev–Trinajstić information content (AvgIpc) is 2.54. The summed E-state index contributed by atoms with van der Waals surface area (Å²) in [4.78, 5) is 26.0. The van der Waals surface area contributed by atoms with Gasteiger partial charge in [-0.05, 0) is 43.5 Å². The summed E-state index contributed by atoms with van der Waals surface area (Å²) in [5, 5.41) is 9.30. The van der Waals surface area contributed by atoms with Crippen molar-refractivity contribution < 1.29 is 14.7 Å². The van der Waals surface area contributed by atoms with Crippen LogP contribution in [-0.4, -0.2) is 23.0 Å². The van der Waals surface area contributed by atoms with E-state index < -0.39 is 5.97 Å². The van der Waals surface area contributed by atoms with E-state index in [1.165, 1.54) is 6.07 Å². The smallest absolute Gasteiger partial charge is 0.336 e. The molecule has 22 heavy (non-hydrogen) atoms. The molecule has 1 atom stereocenters. The van der Waals surface area contributed by atoms with Crippen LogP contribution in [0.15, 0.2) is 48.5 Å². The van der Waals surface area contributed by atoms with Crippen LogP contribution in [0.2, 0.25) is 0 Å². The predicted molar refractivity (Wildman–Crippen MR) is 84.4 cm³/mol. The highest BCUT2D eigenvalue weighted by Gasteiger charge is 2.30. The maximum absolute atomic E-state index is 13.0. The highest BCUT2D eigenvalue weighted by Crippen LogP contribution is 2.32. The highest BCUT2D eigenvalue weighted by atomic mass is 16.4. The number of anilines is 1. The van der Waals surface area contributed by atoms with Crippen LogP contribution in [0.25, 0.3) is 0 Å². The number of hydrogen-bond donors (Lipinski definition) is 1. The summed E-state index contributed by atoms with van der Waals surface area (Å²) in [5.41, 5.74) is 2.29. The number of aryl methyl sites for hydroxylation is 1. The van der Waals surface area contributed by atoms with Gasteiger partial charge in [-0.15, -0.1) is 0 Å². The first-order chi connectivity index (χ1) is 10.6. The number of aromatic carboxylic acids is 1. The molecule has 1 N–H and O–H groups in total. The van der Waals surface area contributed by atoms with E-state index in [9.17, 15) is 14.7 Å². The lowest BCUT2D eigenvalue weighted by Crippen LogP contribution is -2.42. The molecule has 1 aliphatic heterocycles. The van der Waals surface area contributed by atoms with Crippen molar-refractivity contribution in [3.63, 3.8) is 0 Å². The summed E-state index contributed by atoms with van der Waals surface area (Å²) < 4.78 is 0. The van der Waals surface area contributed by atoms with E-state index >= 15 is 0 Å². The predicted octanol–water partition coefficient (Wildman–Crippen LogP) is 3.37. The van der Waals surface area contributed by atoms with Crippen LogP contribution in [0.1, 0.15) is 39.6 Å². The largest absolute Gasteiger partial charge is 0.478 e. The Kier molecular flexibility index (Phi) is 3.67. The number of carbonyl (C=O) groups excluding carboxylic acids is 1. The first kappa shape index (κ1) is 14.3. The summed E-state index contributed by atoms with van der Waals surface area (Å²) in [6.45, 7) is 2.00. The van der Waals surface area contributed by atoms with Crippen LogP contribution >= 0.6 is 0 Å². The lowest BCUT2D eigenvalue weighted by molar-refractivity contribution is 0.0691.